The maximum atomic E-state index is 12.8. The number of anilines is 1. The zero-order chi connectivity index (χ0) is 27.7. The quantitative estimate of drug-likeness (QED) is 0.399. The van der Waals surface area contributed by atoms with Crippen molar-refractivity contribution in [3.05, 3.63) is 83.9 Å². The first-order valence-electron chi connectivity index (χ1n) is 14.1. The Balaban J connectivity index is 1.08. The van der Waals surface area contributed by atoms with E-state index in [-0.39, 0.29) is 11.8 Å². The molecule has 2 saturated heterocycles. The van der Waals surface area contributed by atoms with Gasteiger partial charge in [-0.05, 0) is 54.8 Å². The Hall–Kier alpha value is -3.91. The predicted molar refractivity (Wildman–Crippen MR) is 155 cm³/mol. The Labute approximate surface area is 236 Å². The Morgan fingerprint density at radius 3 is 2.45 bits per heavy atom. The summed E-state index contributed by atoms with van der Waals surface area (Å²) in [4.78, 5) is 19.1. The molecule has 2 aliphatic rings. The summed E-state index contributed by atoms with van der Waals surface area (Å²) in [7, 11) is 1.66. The second-order valence-corrected chi connectivity index (χ2v) is 10.5. The number of nitrogens with zero attached hydrogens (tertiary/aromatic N) is 3. The highest BCUT2D eigenvalue weighted by atomic mass is 16.6. The van der Waals surface area contributed by atoms with E-state index >= 15 is 0 Å². The number of likely N-dealkylation sites (tertiary alicyclic amines) is 1. The van der Waals surface area contributed by atoms with Crippen LogP contribution in [0.15, 0.2) is 72.8 Å². The van der Waals surface area contributed by atoms with Gasteiger partial charge in [-0.25, -0.2) is 4.79 Å². The third-order valence-corrected chi connectivity index (χ3v) is 7.68. The monoisotopic (exact) mass is 545 g/mol. The molecule has 2 aliphatic heterocycles. The van der Waals surface area contributed by atoms with Crippen LogP contribution in [0.25, 0.3) is 0 Å². The Morgan fingerprint density at radius 1 is 0.900 bits per heavy atom. The van der Waals surface area contributed by atoms with Gasteiger partial charge >= 0.3 is 6.09 Å². The fourth-order valence-corrected chi connectivity index (χ4v) is 5.50. The van der Waals surface area contributed by atoms with E-state index in [1.165, 1.54) is 5.56 Å². The first-order valence-corrected chi connectivity index (χ1v) is 14.1. The molecule has 1 unspecified atom stereocenters. The van der Waals surface area contributed by atoms with Crippen LogP contribution in [0.5, 0.6) is 17.2 Å². The Bertz CT molecular complexity index is 1250. The first kappa shape index (κ1) is 27.6. The minimum Gasteiger partial charge on any atom is -0.506 e. The van der Waals surface area contributed by atoms with Gasteiger partial charge in [0.1, 0.15) is 12.4 Å². The molecule has 0 radical (unpaired) electrons. The lowest BCUT2D eigenvalue weighted by molar-refractivity contribution is 0.0623. The minimum absolute atomic E-state index is 0.246. The fraction of sp³-hybridized carbons (Fsp3) is 0.406. The molecule has 5 rings (SSSR count). The van der Waals surface area contributed by atoms with Crippen LogP contribution in [-0.4, -0.2) is 74.0 Å². The molecule has 8 heteroatoms. The van der Waals surface area contributed by atoms with Gasteiger partial charge in [0.2, 0.25) is 0 Å². The van der Waals surface area contributed by atoms with Crippen LogP contribution in [0.4, 0.5) is 10.5 Å². The van der Waals surface area contributed by atoms with Crippen LogP contribution in [0.3, 0.4) is 0 Å². The third-order valence-electron chi connectivity index (χ3n) is 7.68. The summed E-state index contributed by atoms with van der Waals surface area (Å²) in [6.07, 6.45) is 1.89. The molecule has 3 aromatic rings. The zero-order valence-electron chi connectivity index (χ0n) is 23.2. The number of rotatable bonds is 9. The van der Waals surface area contributed by atoms with E-state index in [1.807, 2.05) is 54.6 Å². The number of benzene rings is 3. The van der Waals surface area contributed by atoms with Crippen LogP contribution < -0.4 is 14.4 Å². The van der Waals surface area contributed by atoms with Gasteiger partial charge in [0, 0.05) is 45.2 Å². The molecule has 8 nitrogen and oxygen atoms in total. The number of carbonyl (C=O) groups excluding carboxylic acids is 1. The number of ether oxygens (including phenoxy) is 3. The van der Waals surface area contributed by atoms with E-state index < -0.39 is 0 Å². The van der Waals surface area contributed by atoms with Crippen molar-refractivity contribution in [2.45, 2.75) is 26.0 Å². The molecule has 2 fully saturated rings. The first-order chi connectivity index (χ1) is 19.6. The van der Waals surface area contributed by atoms with Crippen molar-refractivity contribution in [2.24, 2.45) is 5.92 Å². The summed E-state index contributed by atoms with van der Waals surface area (Å²) >= 11 is 0. The molecule has 3 aromatic carbocycles. The van der Waals surface area contributed by atoms with E-state index in [1.54, 1.807) is 18.1 Å². The summed E-state index contributed by atoms with van der Waals surface area (Å²) in [6.45, 7) is 6.14. The predicted octanol–water partition coefficient (Wildman–Crippen LogP) is 5.15. The molecule has 1 N–H and O–H groups in total. The van der Waals surface area contributed by atoms with Crippen molar-refractivity contribution in [3.63, 3.8) is 0 Å². The molecule has 212 valence electrons. The van der Waals surface area contributed by atoms with E-state index in [2.05, 4.69) is 21.9 Å². The van der Waals surface area contributed by atoms with Crippen molar-refractivity contribution in [3.8, 4) is 17.2 Å². The van der Waals surface area contributed by atoms with Gasteiger partial charge in [0.15, 0.2) is 11.5 Å². The number of para-hydroxylation sites is 2. The van der Waals surface area contributed by atoms with Crippen molar-refractivity contribution in [1.82, 2.24) is 9.80 Å². The normalized spacial score (nSPS) is 17.9. The van der Waals surface area contributed by atoms with Gasteiger partial charge in [-0.1, -0.05) is 48.5 Å². The maximum absolute atomic E-state index is 12.8. The Morgan fingerprint density at radius 2 is 1.68 bits per heavy atom. The number of phenolic OH excluding ortho intramolecular Hbond substituents is 1. The average molecular weight is 546 g/mol. The fourth-order valence-electron chi connectivity index (χ4n) is 5.50. The number of methoxy groups -OCH3 is 1. The summed E-state index contributed by atoms with van der Waals surface area (Å²) in [6, 6.07) is 23.6. The topological polar surface area (TPSA) is 74.7 Å². The maximum Gasteiger partial charge on any atom is 0.409 e. The van der Waals surface area contributed by atoms with Gasteiger partial charge in [-0.3, -0.25) is 4.90 Å². The highest BCUT2D eigenvalue weighted by molar-refractivity contribution is 5.68. The molecule has 0 aliphatic carbocycles. The molecule has 40 heavy (non-hydrogen) atoms. The smallest absolute Gasteiger partial charge is 0.409 e. The summed E-state index contributed by atoms with van der Waals surface area (Å²) in [5.74, 6) is 2.05. The van der Waals surface area contributed by atoms with E-state index in [4.69, 9.17) is 14.2 Å². The highest BCUT2D eigenvalue weighted by Gasteiger charge is 2.26. The van der Waals surface area contributed by atoms with Crippen molar-refractivity contribution in [1.29, 1.82) is 0 Å². The molecule has 0 saturated carbocycles. The second kappa shape index (κ2) is 13.4. The number of phenols is 1. The molecule has 2 heterocycles. The van der Waals surface area contributed by atoms with Crippen LogP contribution in [-0.2, 0) is 17.9 Å². The number of piperazine rings is 1. The van der Waals surface area contributed by atoms with E-state index in [0.29, 0.717) is 45.3 Å². The molecule has 1 atom stereocenters. The van der Waals surface area contributed by atoms with Crippen molar-refractivity contribution < 1.29 is 24.1 Å². The van der Waals surface area contributed by atoms with Crippen LogP contribution in [0.2, 0.25) is 0 Å². The second-order valence-electron chi connectivity index (χ2n) is 10.5. The number of piperidine rings is 1. The lowest BCUT2D eigenvalue weighted by Gasteiger charge is -2.36. The number of hydrogen-bond donors (Lipinski definition) is 1. The van der Waals surface area contributed by atoms with Gasteiger partial charge in [-0.15, -0.1) is 0 Å². The Kier molecular flexibility index (Phi) is 9.29. The van der Waals surface area contributed by atoms with Crippen molar-refractivity contribution in [2.75, 3.05) is 57.9 Å². The van der Waals surface area contributed by atoms with Crippen LogP contribution in [0, 0.1) is 5.92 Å². The number of amides is 1. The largest absolute Gasteiger partial charge is 0.506 e. The van der Waals surface area contributed by atoms with Gasteiger partial charge in [0.05, 0.1) is 19.4 Å². The summed E-state index contributed by atoms with van der Waals surface area (Å²) in [5.41, 5.74) is 3.09. The minimum atomic E-state index is -0.246. The standard InChI is InChI=1S/C32H39N3O5/c1-38-30-14-13-26(20-31(30)39-23-25-8-3-2-4-9-25)21-33-15-7-10-27(22-33)24-40-32(37)35-18-16-34(17-19-35)28-11-5-6-12-29(28)36/h2-6,8-9,11-14,20,27,36H,7,10,15-19,21-24H2,1H3. The van der Waals surface area contributed by atoms with Crippen LogP contribution in [0.1, 0.15) is 24.0 Å². The summed E-state index contributed by atoms with van der Waals surface area (Å²) in [5, 5.41) is 10.1. The molecule has 1 amide bonds. The molecular weight excluding hydrogens is 506 g/mol. The average Bonchev–Trinajstić information content (AvgIpc) is 3.00. The molecule has 0 aromatic heterocycles. The molecule has 0 bridgehead atoms. The van der Waals surface area contributed by atoms with E-state index in [9.17, 15) is 9.90 Å². The van der Waals surface area contributed by atoms with Gasteiger partial charge < -0.3 is 29.1 Å². The summed E-state index contributed by atoms with van der Waals surface area (Å²) < 4.78 is 17.4. The van der Waals surface area contributed by atoms with Crippen LogP contribution >= 0.6 is 0 Å². The zero-order valence-corrected chi connectivity index (χ0v) is 23.2. The number of carbonyl (C=O) groups is 1. The molecule has 0 spiro atoms. The third kappa shape index (κ3) is 7.18. The molecular formula is C32H39N3O5. The number of hydrogen-bond acceptors (Lipinski definition) is 7. The van der Waals surface area contributed by atoms with Gasteiger partial charge in [-0.2, -0.15) is 0 Å². The van der Waals surface area contributed by atoms with Gasteiger partial charge in [0.25, 0.3) is 0 Å². The SMILES string of the molecule is COc1ccc(CN2CCCC(COC(=O)N3CCN(c4ccccc4O)CC3)C2)cc1OCc1ccccc1. The lowest BCUT2D eigenvalue weighted by atomic mass is 9.98. The number of aromatic hydroxyl groups is 1. The lowest BCUT2D eigenvalue weighted by Crippen LogP contribution is -2.49. The van der Waals surface area contributed by atoms with Crippen molar-refractivity contribution >= 4 is 11.8 Å². The van der Waals surface area contributed by atoms with E-state index in [0.717, 1.165) is 55.2 Å². The highest BCUT2D eigenvalue weighted by Crippen LogP contribution is 2.30.